The predicted molar refractivity (Wildman–Crippen MR) is 124 cm³/mol. The van der Waals surface area contributed by atoms with E-state index in [1.807, 2.05) is 0 Å². The quantitative estimate of drug-likeness (QED) is 0.540. The SMILES string of the molecule is CCCCCn1nc(C(=O)N2CCN(C(=O)c3ccc(F)cc3)CC2)c2ccccc2c1=O. The molecule has 1 aliphatic rings. The van der Waals surface area contributed by atoms with E-state index in [2.05, 4.69) is 12.0 Å². The third kappa shape index (κ3) is 4.79. The van der Waals surface area contributed by atoms with Crippen LogP contribution in [0.2, 0.25) is 0 Å². The fourth-order valence-electron chi connectivity index (χ4n) is 4.09. The third-order valence-electron chi connectivity index (χ3n) is 5.99. The molecule has 33 heavy (non-hydrogen) atoms. The smallest absolute Gasteiger partial charge is 0.275 e. The van der Waals surface area contributed by atoms with Gasteiger partial charge < -0.3 is 9.80 Å². The highest BCUT2D eigenvalue weighted by Crippen LogP contribution is 2.17. The summed E-state index contributed by atoms with van der Waals surface area (Å²) in [5.74, 6) is -0.822. The van der Waals surface area contributed by atoms with Gasteiger partial charge in [0.2, 0.25) is 0 Å². The van der Waals surface area contributed by atoms with Gasteiger partial charge in [-0.1, -0.05) is 38.0 Å². The first-order chi connectivity index (χ1) is 16.0. The summed E-state index contributed by atoms with van der Waals surface area (Å²) >= 11 is 0. The Morgan fingerprint density at radius 3 is 2.12 bits per heavy atom. The molecule has 0 unspecified atom stereocenters. The number of aryl methyl sites for hydroxylation is 1. The minimum Gasteiger partial charge on any atom is -0.335 e. The molecular formula is C25H27FN4O3. The van der Waals surface area contributed by atoms with Crippen molar-refractivity contribution in [3.8, 4) is 0 Å². The van der Waals surface area contributed by atoms with Crippen LogP contribution in [0.1, 0.15) is 47.0 Å². The van der Waals surface area contributed by atoms with Crippen molar-refractivity contribution in [2.24, 2.45) is 0 Å². The van der Waals surface area contributed by atoms with Crippen molar-refractivity contribution in [2.45, 2.75) is 32.7 Å². The zero-order valence-corrected chi connectivity index (χ0v) is 18.7. The zero-order chi connectivity index (χ0) is 23.4. The molecule has 1 aromatic heterocycles. The van der Waals surface area contributed by atoms with E-state index in [0.29, 0.717) is 49.1 Å². The van der Waals surface area contributed by atoms with Gasteiger partial charge in [-0.15, -0.1) is 0 Å². The van der Waals surface area contributed by atoms with E-state index >= 15 is 0 Å². The van der Waals surface area contributed by atoms with E-state index in [1.165, 1.54) is 28.9 Å². The van der Waals surface area contributed by atoms with Gasteiger partial charge in [-0.25, -0.2) is 9.07 Å². The fourth-order valence-corrected chi connectivity index (χ4v) is 4.09. The molecule has 0 N–H and O–H groups in total. The number of rotatable bonds is 6. The number of unbranched alkanes of at least 4 members (excludes halogenated alkanes) is 2. The highest BCUT2D eigenvalue weighted by molar-refractivity contribution is 6.05. The summed E-state index contributed by atoms with van der Waals surface area (Å²) in [7, 11) is 0. The Kier molecular flexibility index (Phi) is 6.82. The minimum absolute atomic E-state index is 0.185. The number of piperazine rings is 1. The molecule has 4 rings (SSSR count). The number of carbonyl (C=O) groups excluding carboxylic acids is 2. The third-order valence-corrected chi connectivity index (χ3v) is 5.99. The summed E-state index contributed by atoms with van der Waals surface area (Å²) in [6.45, 7) is 4.02. The lowest BCUT2D eigenvalue weighted by molar-refractivity contribution is 0.0532. The fraction of sp³-hybridized carbons (Fsp3) is 0.360. The van der Waals surface area contributed by atoms with Crippen LogP contribution >= 0.6 is 0 Å². The molecule has 0 radical (unpaired) electrons. The maximum atomic E-state index is 13.4. The van der Waals surface area contributed by atoms with Gasteiger partial charge in [0.25, 0.3) is 17.4 Å². The average molecular weight is 451 g/mol. The van der Waals surface area contributed by atoms with Crippen molar-refractivity contribution < 1.29 is 14.0 Å². The van der Waals surface area contributed by atoms with E-state index in [-0.39, 0.29) is 23.1 Å². The Hall–Kier alpha value is -3.55. The summed E-state index contributed by atoms with van der Waals surface area (Å²) in [4.78, 5) is 42.3. The van der Waals surface area contributed by atoms with Crippen LogP contribution < -0.4 is 5.56 Å². The highest BCUT2D eigenvalue weighted by Gasteiger charge is 2.28. The number of fused-ring (bicyclic) bond motifs is 1. The maximum Gasteiger partial charge on any atom is 0.275 e. The molecule has 2 aromatic carbocycles. The Morgan fingerprint density at radius 2 is 1.48 bits per heavy atom. The van der Waals surface area contributed by atoms with Gasteiger partial charge in [0, 0.05) is 43.7 Å². The van der Waals surface area contributed by atoms with E-state index in [0.717, 1.165) is 19.3 Å². The van der Waals surface area contributed by atoms with Crippen molar-refractivity contribution >= 4 is 22.6 Å². The van der Waals surface area contributed by atoms with Crippen molar-refractivity contribution in [3.63, 3.8) is 0 Å². The first-order valence-electron chi connectivity index (χ1n) is 11.3. The van der Waals surface area contributed by atoms with Gasteiger partial charge in [-0.2, -0.15) is 5.10 Å². The summed E-state index contributed by atoms with van der Waals surface area (Å²) < 4.78 is 14.6. The molecule has 1 fully saturated rings. The normalized spacial score (nSPS) is 14.0. The summed E-state index contributed by atoms with van der Waals surface area (Å²) in [6, 6.07) is 12.5. The second kappa shape index (κ2) is 9.94. The van der Waals surface area contributed by atoms with Crippen molar-refractivity contribution in [2.75, 3.05) is 26.2 Å². The first-order valence-corrected chi connectivity index (χ1v) is 11.3. The second-order valence-electron chi connectivity index (χ2n) is 8.22. The Bertz CT molecular complexity index is 1210. The molecule has 0 atom stereocenters. The van der Waals surface area contributed by atoms with Gasteiger partial charge >= 0.3 is 0 Å². The molecule has 0 bridgehead atoms. The number of benzene rings is 2. The van der Waals surface area contributed by atoms with Crippen LogP contribution in [0, 0.1) is 5.82 Å². The molecule has 3 aromatic rings. The van der Waals surface area contributed by atoms with E-state index < -0.39 is 5.82 Å². The first kappa shape index (κ1) is 22.6. The Labute approximate surface area is 191 Å². The minimum atomic E-state index is -0.391. The standard InChI is InChI=1S/C25H27FN4O3/c1-2-3-6-13-30-24(32)21-8-5-4-7-20(21)22(27-30)25(33)29-16-14-28(15-17-29)23(31)18-9-11-19(26)12-10-18/h4-5,7-12H,2-3,6,13-17H2,1H3. The van der Waals surface area contributed by atoms with Crippen LogP contribution in [0.5, 0.6) is 0 Å². The lowest BCUT2D eigenvalue weighted by Crippen LogP contribution is -2.51. The van der Waals surface area contributed by atoms with Crippen LogP contribution in [0.25, 0.3) is 10.8 Å². The van der Waals surface area contributed by atoms with Crippen molar-refractivity contribution in [1.29, 1.82) is 0 Å². The maximum absolute atomic E-state index is 13.4. The lowest BCUT2D eigenvalue weighted by Gasteiger charge is -2.34. The number of halogens is 1. The van der Waals surface area contributed by atoms with Crippen LogP contribution in [-0.2, 0) is 6.54 Å². The molecule has 7 nitrogen and oxygen atoms in total. The number of aromatic nitrogens is 2. The van der Waals surface area contributed by atoms with E-state index in [1.54, 1.807) is 34.1 Å². The Morgan fingerprint density at radius 1 is 0.879 bits per heavy atom. The molecule has 2 amide bonds. The predicted octanol–water partition coefficient (Wildman–Crippen LogP) is 3.32. The van der Waals surface area contributed by atoms with Crippen LogP contribution in [0.15, 0.2) is 53.3 Å². The van der Waals surface area contributed by atoms with Crippen molar-refractivity contribution in [1.82, 2.24) is 19.6 Å². The number of hydrogen-bond acceptors (Lipinski definition) is 4. The second-order valence-corrected chi connectivity index (χ2v) is 8.22. The van der Waals surface area contributed by atoms with Gasteiger partial charge in [0.15, 0.2) is 5.69 Å². The largest absolute Gasteiger partial charge is 0.335 e. The number of hydrogen-bond donors (Lipinski definition) is 0. The van der Waals surface area contributed by atoms with Crippen molar-refractivity contribution in [3.05, 3.63) is 76.0 Å². The molecule has 0 spiro atoms. The van der Waals surface area contributed by atoms with Gasteiger partial charge in [-0.3, -0.25) is 14.4 Å². The summed E-state index contributed by atoms with van der Waals surface area (Å²) in [6.07, 6.45) is 2.82. The molecular weight excluding hydrogens is 423 g/mol. The Balaban J connectivity index is 1.53. The molecule has 8 heteroatoms. The van der Waals surface area contributed by atoms with Gasteiger partial charge in [0.1, 0.15) is 5.82 Å². The topological polar surface area (TPSA) is 75.5 Å². The van der Waals surface area contributed by atoms with Gasteiger partial charge in [-0.05, 0) is 36.8 Å². The summed E-state index contributed by atoms with van der Waals surface area (Å²) in [5.41, 5.74) is 0.496. The molecule has 0 aliphatic carbocycles. The molecule has 1 saturated heterocycles. The monoisotopic (exact) mass is 450 g/mol. The molecule has 0 saturated carbocycles. The van der Waals surface area contributed by atoms with E-state index in [9.17, 15) is 18.8 Å². The van der Waals surface area contributed by atoms with Crippen LogP contribution in [0.4, 0.5) is 4.39 Å². The van der Waals surface area contributed by atoms with Gasteiger partial charge in [0.05, 0.1) is 5.39 Å². The zero-order valence-electron chi connectivity index (χ0n) is 18.7. The number of amides is 2. The molecule has 172 valence electrons. The molecule has 2 heterocycles. The number of carbonyl (C=O) groups is 2. The molecule has 1 aliphatic heterocycles. The lowest BCUT2D eigenvalue weighted by atomic mass is 10.1. The van der Waals surface area contributed by atoms with Crippen LogP contribution in [0.3, 0.4) is 0 Å². The summed E-state index contributed by atoms with van der Waals surface area (Å²) in [5, 5.41) is 5.48. The van der Waals surface area contributed by atoms with Crippen LogP contribution in [-0.4, -0.2) is 57.6 Å². The number of nitrogens with zero attached hydrogens (tertiary/aromatic N) is 4. The highest BCUT2D eigenvalue weighted by atomic mass is 19.1. The average Bonchev–Trinajstić information content (AvgIpc) is 2.85. The van der Waals surface area contributed by atoms with E-state index in [4.69, 9.17) is 0 Å².